The first-order valence-electron chi connectivity index (χ1n) is 5.14. The second-order valence-corrected chi connectivity index (χ2v) is 6.97. The summed E-state index contributed by atoms with van der Waals surface area (Å²) in [5, 5.41) is 0. The van der Waals surface area contributed by atoms with Crippen LogP contribution in [0.2, 0.25) is 0 Å². The van der Waals surface area contributed by atoms with Gasteiger partial charge in [0.1, 0.15) is 0 Å². The van der Waals surface area contributed by atoms with Crippen molar-refractivity contribution >= 4 is 27.3 Å². The van der Waals surface area contributed by atoms with Gasteiger partial charge < -0.3 is 5.73 Å². The van der Waals surface area contributed by atoms with Crippen LogP contribution in [0, 0.1) is 6.92 Å². The molecule has 0 spiro atoms. The maximum atomic E-state index is 12.0. The molecular formula is C11H17NO2S2. The molecule has 0 fully saturated rings. The van der Waals surface area contributed by atoms with Crippen molar-refractivity contribution < 1.29 is 8.42 Å². The molecule has 3 nitrogen and oxygen atoms in total. The number of anilines is 1. The van der Waals surface area contributed by atoms with Crippen molar-refractivity contribution in [1.82, 2.24) is 0 Å². The second-order valence-electron chi connectivity index (χ2n) is 3.50. The van der Waals surface area contributed by atoms with Gasteiger partial charge in [0.05, 0.1) is 16.3 Å². The minimum absolute atomic E-state index is 0.152. The zero-order valence-electron chi connectivity index (χ0n) is 9.56. The van der Waals surface area contributed by atoms with E-state index in [2.05, 4.69) is 0 Å². The SMILES string of the molecule is CCSCCS(=O)(=O)c1cccc(C)c1N. The van der Waals surface area contributed by atoms with Crippen molar-refractivity contribution in [2.45, 2.75) is 18.7 Å². The summed E-state index contributed by atoms with van der Waals surface area (Å²) in [6.07, 6.45) is 0. The minimum atomic E-state index is -3.23. The Morgan fingerprint density at radius 3 is 2.69 bits per heavy atom. The number of nitrogens with two attached hydrogens (primary N) is 1. The lowest BCUT2D eigenvalue weighted by atomic mass is 10.2. The predicted molar refractivity (Wildman–Crippen MR) is 70.6 cm³/mol. The summed E-state index contributed by atoms with van der Waals surface area (Å²) in [6.45, 7) is 3.83. The van der Waals surface area contributed by atoms with Gasteiger partial charge in [0.2, 0.25) is 0 Å². The van der Waals surface area contributed by atoms with Crippen LogP contribution in [0.25, 0.3) is 0 Å². The lowest BCUT2D eigenvalue weighted by molar-refractivity contribution is 0.598. The first kappa shape index (κ1) is 13.4. The lowest BCUT2D eigenvalue weighted by Crippen LogP contribution is -2.12. The van der Waals surface area contributed by atoms with Crippen LogP contribution >= 0.6 is 11.8 Å². The highest BCUT2D eigenvalue weighted by molar-refractivity contribution is 8.00. The third kappa shape index (κ3) is 3.15. The van der Waals surface area contributed by atoms with Crippen LogP contribution in [0.15, 0.2) is 23.1 Å². The van der Waals surface area contributed by atoms with Crippen LogP contribution in [-0.2, 0) is 9.84 Å². The second kappa shape index (κ2) is 5.59. The van der Waals surface area contributed by atoms with Gasteiger partial charge in [-0.1, -0.05) is 19.1 Å². The van der Waals surface area contributed by atoms with Gasteiger partial charge >= 0.3 is 0 Å². The van der Waals surface area contributed by atoms with Crippen LogP contribution < -0.4 is 5.73 Å². The van der Waals surface area contributed by atoms with Gasteiger partial charge in [-0.05, 0) is 24.3 Å². The van der Waals surface area contributed by atoms with Gasteiger partial charge in [-0.25, -0.2) is 8.42 Å². The van der Waals surface area contributed by atoms with E-state index < -0.39 is 9.84 Å². The summed E-state index contributed by atoms with van der Waals surface area (Å²) >= 11 is 1.62. The highest BCUT2D eigenvalue weighted by Crippen LogP contribution is 2.23. The largest absolute Gasteiger partial charge is 0.397 e. The number of rotatable bonds is 5. The molecule has 5 heteroatoms. The molecule has 1 rings (SSSR count). The molecule has 1 aromatic carbocycles. The summed E-state index contributed by atoms with van der Waals surface area (Å²) in [6, 6.07) is 5.12. The predicted octanol–water partition coefficient (Wildman–Crippen LogP) is 2.10. The van der Waals surface area contributed by atoms with Crippen molar-refractivity contribution in [1.29, 1.82) is 0 Å². The van der Waals surface area contributed by atoms with E-state index in [0.717, 1.165) is 11.3 Å². The smallest absolute Gasteiger partial charge is 0.181 e. The molecular weight excluding hydrogens is 242 g/mol. The van der Waals surface area contributed by atoms with E-state index in [-0.39, 0.29) is 10.6 Å². The zero-order chi connectivity index (χ0) is 12.2. The molecule has 90 valence electrons. The summed E-state index contributed by atoms with van der Waals surface area (Å²) < 4.78 is 24.0. The van der Waals surface area contributed by atoms with Gasteiger partial charge in [0, 0.05) is 5.75 Å². The Kier molecular flexibility index (Phi) is 4.68. The van der Waals surface area contributed by atoms with E-state index in [1.165, 1.54) is 0 Å². The first-order chi connectivity index (χ1) is 7.49. The molecule has 0 aliphatic rings. The van der Waals surface area contributed by atoms with Crippen LogP contribution in [-0.4, -0.2) is 25.7 Å². The Balaban J connectivity index is 2.94. The Hall–Kier alpha value is -0.680. The zero-order valence-corrected chi connectivity index (χ0v) is 11.2. The first-order valence-corrected chi connectivity index (χ1v) is 7.95. The van der Waals surface area contributed by atoms with Crippen molar-refractivity contribution in [2.75, 3.05) is 23.0 Å². The van der Waals surface area contributed by atoms with Gasteiger partial charge in [0.15, 0.2) is 9.84 Å². The Morgan fingerprint density at radius 1 is 1.38 bits per heavy atom. The maximum absolute atomic E-state index is 12.0. The van der Waals surface area contributed by atoms with Gasteiger partial charge in [-0.15, -0.1) is 0 Å². The summed E-state index contributed by atoms with van der Waals surface area (Å²) in [5.74, 6) is 1.70. The fourth-order valence-electron chi connectivity index (χ4n) is 1.35. The van der Waals surface area contributed by atoms with E-state index in [0.29, 0.717) is 11.4 Å². The average molecular weight is 259 g/mol. The van der Waals surface area contributed by atoms with Gasteiger partial charge in [0.25, 0.3) is 0 Å². The number of aryl methyl sites for hydroxylation is 1. The monoisotopic (exact) mass is 259 g/mol. The van der Waals surface area contributed by atoms with Gasteiger partial charge in [-0.3, -0.25) is 0 Å². The quantitative estimate of drug-likeness (QED) is 0.650. The third-order valence-electron chi connectivity index (χ3n) is 2.32. The molecule has 16 heavy (non-hydrogen) atoms. The van der Waals surface area contributed by atoms with Crippen molar-refractivity contribution in [2.24, 2.45) is 0 Å². The Bertz CT molecular complexity index is 455. The molecule has 0 saturated carbocycles. The molecule has 0 aliphatic heterocycles. The van der Waals surface area contributed by atoms with Gasteiger partial charge in [-0.2, -0.15) is 11.8 Å². The molecule has 0 unspecified atom stereocenters. The highest BCUT2D eigenvalue weighted by Gasteiger charge is 2.17. The number of hydrogen-bond acceptors (Lipinski definition) is 4. The Morgan fingerprint density at radius 2 is 2.06 bits per heavy atom. The van der Waals surface area contributed by atoms with Crippen LogP contribution in [0.1, 0.15) is 12.5 Å². The normalized spacial score (nSPS) is 11.6. The molecule has 0 heterocycles. The number of nitrogen functional groups attached to an aromatic ring is 1. The molecule has 0 atom stereocenters. The molecule has 0 saturated heterocycles. The van der Waals surface area contributed by atoms with Crippen LogP contribution in [0.4, 0.5) is 5.69 Å². The summed E-state index contributed by atoms with van der Waals surface area (Å²) in [4.78, 5) is 0.268. The lowest BCUT2D eigenvalue weighted by Gasteiger charge is -2.08. The molecule has 1 aromatic rings. The minimum Gasteiger partial charge on any atom is -0.397 e. The number of benzene rings is 1. The van der Waals surface area contributed by atoms with Crippen molar-refractivity contribution in [3.8, 4) is 0 Å². The van der Waals surface area contributed by atoms with E-state index in [4.69, 9.17) is 5.73 Å². The van der Waals surface area contributed by atoms with E-state index in [1.807, 2.05) is 19.9 Å². The van der Waals surface area contributed by atoms with Crippen molar-refractivity contribution in [3.63, 3.8) is 0 Å². The molecule has 0 radical (unpaired) electrons. The number of hydrogen-bond donors (Lipinski definition) is 1. The number of sulfone groups is 1. The standard InChI is InChI=1S/C11H17NO2S2/c1-3-15-7-8-16(13,14)10-6-4-5-9(2)11(10)12/h4-6H,3,7-8,12H2,1-2H3. The molecule has 2 N–H and O–H groups in total. The van der Waals surface area contributed by atoms with E-state index in [1.54, 1.807) is 23.9 Å². The summed E-state index contributed by atoms with van der Waals surface area (Å²) in [7, 11) is -3.23. The molecule has 0 bridgehead atoms. The fraction of sp³-hybridized carbons (Fsp3) is 0.455. The van der Waals surface area contributed by atoms with Crippen LogP contribution in [0.3, 0.4) is 0 Å². The average Bonchev–Trinajstić information content (AvgIpc) is 2.22. The highest BCUT2D eigenvalue weighted by atomic mass is 32.2. The van der Waals surface area contributed by atoms with Crippen LogP contribution in [0.5, 0.6) is 0 Å². The van der Waals surface area contributed by atoms with E-state index >= 15 is 0 Å². The molecule has 0 aliphatic carbocycles. The number of thioether (sulfide) groups is 1. The topological polar surface area (TPSA) is 60.2 Å². The maximum Gasteiger partial charge on any atom is 0.181 e. The van der Waals surface area contributed by atoms with E-state index in [9.17, 15) is 8.42 Å². The number of para-hydroxylation sites is 1. The fourth-order valence-corrected chi connectivity index (χ4v) is 3.99. The molecule has 0 aromatic heterocycles. The van der Waals surface area contributed by atoms with Crippen molar-refractivity contribution in [3.05, 3.63) is 23.8 Å². The Labute approximate surface area is 101 Å². The molecule has 0 amide bonds. The third-order valence-corrected chi connectivity index (χ3v) is 5.25. The summed E-state index contributed by atoms with van der Waals surface area (Å²) in [5.41, 5.74) is 6.98.